The molecular formula is C16H29N3O2. The van der Waals surface area contributed by atoms with Crippen molar-refractivity contribution in [2.45, 2.75) is 70.9 Å². The molecule has 0 amide bonds. The summed E-state index contributed by atoms with van der Waals surface area (Å²) in [6.45, 7) is 7.15. The van der Waals surface area contributed by atoms with Gasteiger partial charge in [-0.05, 0) is 45.6 Å². The average Bonchev–Trinajstić information content (AvgIpc) is 3.14. The minimum atomic E-state index is -0.499. The number of nitrogens with one attached hydrogen (secondary N) is 1. The van der Waals surface area contributed by atoms with Crippen LogP contribution in [-0.2, 0) is 16.8 Å². The van der Waals surface area contributed by atoms with E-state index in [2.05, 4.69) is 22.4 Å². The van der Waals surface area contributed by atoms with Gasteiger partial charge in [0.25, 0.3) is 0 Å². The van der Waals surface area contributed by atoms with Crippen LogP contribution in [-0.4, -0.2) is 29.8 Å². The summed E-state index contributed by atoms with van der Waals surface area (Å²) >= 11 is 0. The van der Waals surface area contributed by atoms with Crippen molar-refractivity contribution in [3.8, 4) is 0 Å². The lowest BCUT2D eigenvalue weighted by atomic mass is 9.95. The molecule has 1 unspecified atom stereocenters. The Morgan fingerprint density at radius 2 is 2.10 bits per heavy atom. The fraction of sp³-hybridized carbons (Fsp3) is 0.875. The van der Waals surface area contributed by atoms with Crippen LogP contribution in [0, 0.1) is 5.92 Å². The maximum Gasteiger partial charge on any atom is 0.228 e. The van der Waals surface area contributed by atoms with Gasteiger partial charge in [0.05, 0.1) is 0 Å². The highest BCUT2D eigenvalue weighted by molar-refractivity contribution is 4.99. The van der Waals surface area contributed by atoms with E-state index in [1.165, 1.54) is 25.7 Å². The highest BCUT2D eigenvalue weighted by Crippen LogP contribution is 2.29. The number of methoxy groups -OCH3 is 1. The van der Waals surface area contributed by atoms with Crippen molar-refractivity contribution in [1.82, 2.24) is 15.5 Å². The summed E-state index contributed by atoms with van der Waals surface area (Å²) in [5.74, 6) is 2.08. The Kier molecular flexibility index (Phi) is 5.76. The van der Waals surface area contributed by atoms with Crippen molar-refractivity contribution in [3.05, 3.63) is 11.7 Å². The van der Waals surface area contributed by atoms with E-state index in [1.54, 1.807) is 7.11 Å². The number of nitrogens with zero attached hydrogens (tertiary/aromatic N) is 2. The van der Waals surface area contributed by atoms with Gasteiger partial charge in [-0.2, -0.15) is 4.98 Å². The van der Waals surface area contributed by atoms with Gasteiger partial charge in [-0.1, -0.05) is 24.9 Å². The zero-order chi connectivity index (χ0) is 15.3. The summed E-state index contributed by atoms with van der Waals surface area (Å²) in [6, 6.07) is 0.450. The molecule has 1 fully saturated rings. The molecule has 1 aromatic rings. The first-order chi connectivity index (χ1) is 10.1. The molecule has 21 heavy (non-hydrogen) atoms. The third kappa shape index (κ3) is 4.27. The lowest BCUT2D eigenvalue weighted by molar-refractivity contribution is 0.00973. The van der Waals surface area contributed by atoms with Gasteiger partial charge in [0.15, 0.2) is 0 Å². The lowest BCUT2D eigenvalue weighted by Gasteiger charge is -2.23. The van der Waals surface area contributed by atoms with Gasteiger partial charge in [-0.3, -0.25) is 0 Å². The highest BCUT2D eigenvalue weighted by atomic mass is 16.5. The summed E-state index contributed by atoms with van der Waals surface area (Å²) < 4.78 is 10.8. The van der Waals surface area contributed by atoms with Crippen LogP contribution in [0.2, 0.25) is 0 Å². The van der Waals surface area contributed by atoms with Gasteiger partial charge in [-0.15, -0.1) is 0 Å². The van der Waals surface area contributed by atoms with Crippen molar-refractivity contribution in [3.63, 3.8) is 0 Å². The molecule has 0 aromatic carbocycles. The van der Waals surface area contributed by atoms with E-state index >= 15 is 0 Å². The second-order valence-electron chi connectivity index (χ2n) is 6.54. The third-order valence-electron chi connectivity index (χ3n) is 4.54. The Morgan fingerprint density at radius 3 is 2.71 bits per heavy atom. The Balaban J connectivity index is 2.02. The fourth-order valence-corrected chi connectivity index (χ4v) is 2.96. The molecular weight excluding hydrogens is 266 g/mol. The Bertz CT molecular complexity index is 425. The zero-order valence-electron chi connectivity index (χ0n) is 13.8. The lowest BCUT2D eigenvalue weighted by Crippen LogP contribution is -2.37. The first-order valence-corrected chi connectivity index (χ1v) is 8.18. The average molecular weight is 295 g/mol. The molecule has 0 spiro atoms. The Morgan fingerprint density at radius 1 is 1.38 bits per heavy atom. The predicted octanol–water partition coefficient (Wildman–Crippen LogP) is 3.05. The topological polar surface area (TPSA) is 60.2 Å². The molecule has 2 rings (SSSR count). The summed E-state index contributed by atoms with van der Waals surface area (Å²) in [7, 11) is 1.67. The molecule has 1 heterocycles. The number of hydrogen-bond acceptors (Lipinski definition) is 5. The highest BCUT2D eigenvalue weighted by Gasteiger charge is 2.29. The minimum Gasteiger partial charge on any atom is -0.371 e. The van der Waals surface area contributed by atoms with E-state index in [-0.39, 0.29) is 0 Å². The molecule has 5 nitrogen and oxygen atoms in total. The largest absolute Gasteiger partial charge is 0.371 e. The van der Waals surface area contributed by atoms with Crippen LogP contribution in [0.15, 0.2) is 4.52 Å². The molecule has 5 heteroatoms. The summed E-state index contributed by atoms with van der Waals surface area (Å²) in [5.41, 5.74) is -0.499. The van der Waals surface area contributed by atoms with E-state index in [0.717, 1.165) is 31.2 Å². The first kappa shape index (κ1) is 16.4. The second kappa shape index (κ2) is 7.36. The van der Waals surface area contributed by atoms with Crippen molar-refractivity contribution in [1.29, 1.82) is 0 Å². The number of aromatic nitrogens is 2. The molecule has 0 radical (unpaired) electrons. The summed E-state index contributed by atoms with van der Waals surface area (Å²) in [5, 5.41) is 7.74. The van der Waals surface area contributed by atoms with Gasteiger partial charge in [0, 0.05) is 19.6 Å². The fourth-order valence-electron chi connectivity index (χ4n) is 2.96. The maximum atomic E-state index is 5.44. The van der Waals surface area contributed by atoms with Gasteiger partial charge in [0.1, 0.15) is 5.60 Å². The van der Waals surface area contributed by atoms with Gasteiger partial charge in [-0.25, -0.2) is 0 Å². The van der Waals surface area contributed by atoms with Crippen molar-refractivity contribution in [2.75, 3.05) is 13.7 Å². The maximum absolute atomic E-state index is 5.44. The quantitative estimate of drug-likeness (QED) is 0.798. The SMILES string of the molecule is CCCNC(Cc1nc(C(C)(C)OC)no1)C1CCCC1. The van der Waals surface area contributed by atoms with Crippen LogP contribution in [0.4, 0.5) is 0 Å². The van der Waals surface area contributed by atoms with Crippen molar-refractivity contribution < 1.29 is 9.26 Å². The third-order valence-corrected chi connectivity index (χ3v) is 4.54. The first-order valence-electron chi connectivity index (χ1n) is 8.18. The van der Waals surface area contributed by atoms with Gasteiger partial charge in [0.2, 0.25) is 11.7 Å². The summed E-state index contributed by atoms with van der Waals surface area (Å²) in [6.07, 6.45) is 7.28. The van der Waals surface area contributed by atoms with E-state index in [9.17, 15) is 0 Å². The van der Waals surface area contributed by atoms with Gasteiger partial charge >= 0.3 is 0 Å². The van der Waals surface area contributed by atoms with E-state index in [0.29, 0.717) is 11.9 Å². The molecule has 1 aliphatic rings. The smallest absolute Gasteiger partial charge is 0.228 e. The number of hydrogen-bond donors (Lipinski definition) is 1. The monoisotopic (exact) mass is 295 g/mol. The van der Waals surface area contributed by atoms with Crippen LogP contribution in [0.25, 0.3) is 0 Å². The van der Waals surface area contributed by atoms with Crippen LogP contribution < -0.4 is 5.32 Å². The molecule has 0 bridgehead atoms. The normalized spacial score (nSPS) is 18.3. The molecule has 1 atom stereocenters. The number of rotatable bonds is 8. The van der Waals surface area contributed by atoms with Crippen LogP contribution >= 0.6 is 0 Å². The molecule has 0 saturated heterocycles. The second-order valence-corrected chi connectivity index (χ2v) is 6.54. The molecule has 1 N–H and O–H groups in total. The van der Waals surface area contributed by atoms with Crippen LogP contribution in [0.1, 0.15) is 64.6 Å². The van der Waals surface area contributed by atoms with Crippen molar-refractivity contribution >= 4 is 0 Å². The summed E-state index contributed by atoms with van der Waals surface area (Å²) in [4.78, 5) is 4.53. The molecule has 1 aromatic heterocycles. The van der Waals surface area contributed by atoms with E-state index in [4.69, 9.17) is 9.26 Å². The van der Waals surface area contributed by atoms with Crippen LogP contribution in [0.3, 0.4) is 0 Å². The Labute approximate surface area is 127 Å². The molecule has 0 aliphatic heterocycles. The van der Waals surface area contributed by atoms with Crippen molar-refractivity contribution in [2.24, 2.45) is 5.92 Å². The standard InChI is InChI=1S/C16H29N3O2/c1-5-10-17-13(12-8-6-7-9-12)11-14-18-15(19-21-14)16(2,3)20-4/h12-13,17H,5-11H2,1-4H3. The number of ether oxygens (including phenoxy) is 1. The van der Waals surface area contributed by atoms with E-state index in [1.807, 2.05) is 13.8 Å². The zero-order valence-corrected chi connectivity index (χ0v) is 13.8. The van der Waals surface area contributed by atoms with Gasteiger partial charge < -0.3 is 14.6 Å². The van der Waals surface area contributed by atoms with E-state index < -0.39 is 5.60 Å². The Hall–Kier alpha value is -0.940. The molecule has 120 valence electrons. The molecule has 1 saturated carbocycles. The predicted molar refractivity (Wildman–Crippen MR) is 82.1 cm³/mol. The minimum absolute atomic E-state index is 0.450. The molecule has 1 aliphatic carbocycles. The van der Waals surface area contributed by atoms with Crippen LogP contribution in [0.5, 0.6) is 0 Å².